The zero-order chi connectivity index (χ0) is 13.3. The summed E-state index contributed by atoms with van der Waals surface area (Å²) in [6.07, 6.45) is 1.53. The van der Waals surface area contributed by atoms with Crippen molar-refractivity contribution in [2.75, 3.05) is 13.7 Å². The van der Waals surface area contributed by atoms with E-state index < -0.39 is 18.1 Å². The maximum atomic E-state index is 11.6. The van der Waals surface area contributed by atoms with Crippen LogP contribution in [-0.4, -0.2) is 47.9 Å². The Morgan fingerprint density at radius 3 is 2.61 bits per heavy atom. The molecule has 4 atom stereocenters. The third-order valence-electron chi connectivity index (χ3n) is 4.13. The number of likely N-dealkylation sites (tertiary alicyclic amines) is 1. The van der Waals surface area contributed by atoms with Crippen LogP contribution < -0.4 is 5.11 Å². The Morgan fingerprint density at radius 2 is 2.00 bits per heavy atom. The lowest BCUT2D eigenvalue weighted by molar-refractivity contribution is -0.313. The van der Waals surface area contributed by atoms with Gasteiger partial charge in [-0.25, -0.2) is 4.79 Å². The van der Waals surface area contributed by atoms with Crippen LogP contribution in [0.15, 0.2) is 0 Å². The standard InChI is InChI=1S/C12H19NO5/c1-18-12(17)13-6-7-2-3-9(14)4-8(7)5-10(13)11(15)16/h7-10,14H,2-6H2,1H3,(H,15,16)/p-1. The Labute approximate surface area is 106 Å². The molecule has 0 aromatic rings. The number of fused-ring (bicyclic) bond motifs is 1. The van der Waals surface area contributed by atoms with Crippen molar-refractivity contribution in [2.24, 2.45) is 11.8 Å². The number of methoxy groups -OCH3 is 1. The van der Waals surface area contributed by atoms with Gasteiger partial charge in [0.25, 0.3) is 0 Å². The summed E-state index contributed by atoms with van der Waals surface area (Å²) in [6.45, 7) is 0.378. The number of aliphatic hydroxyl groups excluding tert-OH is 1. The second-order valence-electron chi connectivity index (χ2n) is 5.18. The minimum absolute atomic E-state index is 0.151. The minimum Gasteiger partial charge on any atom is -0.548 e. The van der Waals surface area contributed by atoms with Crippen LogP contribution in [0.25, 0.3) is 0 Å². The zero-order valence-electron chi connectivity index (χ0n) is 10.4. The third kappa shape index (κ3) is 2.43. The van der Waals surface area contributed by atoms with Gasteiger partial charge in [-0.05, 0) is 37.5 Å². The van der Waals surface area contributed by atoms with Crippen LogP contribution in [0.1, 0.15) is 25.7 Å². The van der Waals surface area contributed by atoms with Gasteiger partial charge in [0.1, 0.15) is 0 Å². The Balaban J connectivity index is 2.13. The van der Waals surface area contributed by atoms with Crippen molar-refractivity contribution in [1.82, 2.24) is 4.90 Å². The van der Waals surface area contributed by atoms with Gasteiger partial charge in [0.15, 0.2) is 0 Å². The van der Waals surface area contributed by atoms with Crippen LogP contribution in [0.5, 0.6) is 0 Å². The number of nitrogens with zero attached hydrogens (tertiary/aromatic N) is 1. The quantitative estimate of drug-likeness (QED) is 0.673. The van der Waals surface area contributed by atoms with Gasteiger partial charge in [-0.2, -0.15) is 0 Å². The largest absolute Gasteiger partial charge is 0.548 e. The summed E-state index contributed by atoms with van der Waals surface area (Å²) in [6, 6.07) is -0.941. The predicted octanol–water partition coefficient (Wildman–Crippen LogP) is -0.646. The summed E-state index contributed by atoms with van der Waals surface area (Å²) < 4.78 is 4.62. The first-order chi connectivity index (χ1) is 8.52. The lowest BCUT2D eigenvalue weighted by atomic mass is 9.72. The molecule has 4 unspecified atom stereocenters. The molecule has 1 saturated heterocycles. The molecule has 1 aliphatic heterocycles. The average molecular weight is 256 g/mol. The number of ether oxygens (including phenoxy) is 1. The monoisotopic (exact) mass is 256 g/mol. The molecule has 18 heavy (non-hydrogen) atoms. The lowest BCUT2D eigenvalue weighted by Crippen LogP contribution is -2.58. The van der Waals surface area contributed by atoms with Crippen molar-refractivity contribution < 1.29 is 24.5 Å². The number of carboxylic acid groups (broad SMARTS) is 1. The number of carboxylic acids is 1. The van der Waals surface area contributed by atoms with E-state index in [4.69, 9.17) is 0 Å². The number of carbonyl (C=O) groups is 2. The number of hydrogen-bond donors (Lipinski definition) is 1. The summed E-state index contributed by atoms with van der Waals surface area (Å²) in [5.41, 5.74) is 0. The maximum absolute atomic E-state index is 11.6. The molecule has 102 valence electrons. The van der Waals surface area contributed by atoms with Gasteiger partial charge in [-0.3, -0.25) is 4.90 Å². The normalized spacial score (nSPS) is 35.8. The van der Waals surface area contributed by atoms with Crippen LogP contribution in [0.3, 0.4) is 0 Å². The molecule has 1 saturated carbocycles. The van der Waals surface area contributed by atoms with E-state index in [2.05, 4.69) is 4.74 Å². The summed E-state index contributed by atoms with van der Waals surface area (Å²) in [5.74, 6) is -0.848. The van der Waals surface area contributed by atoms with Crippen molar-refractivity contribution in [1.29, 1.82) is 0 Å². The molecule has 2 aliphatic rings. The minimum atomic E-state index is -1.25. The van der Waals surface area contributed by atoms with Crippen molar-refractivity contribution in [2.45, 2.75) is 37.8 Å². The molecule has 0 spiro atoms. The first kappa shape index (κ1) is 13.1. The molecule has 1 aliphatic carbocycles. The molecule has 0 bridgehead atoms. The van der Waals surface area contributed by atoms with Crippen molar-refractivity contribution in [3.8, 4) is 0 Å². The Bertz CT molecular complexity index is 345. The van der Waals surface area contributed by atoms with Crippen LogP contribution >= 0.6 is 0 Å². The van der Waals surface area contributed by atoms with Crippen LogP contribution in [0, 0.1) is 11.8 Å². The van der Waals surface area contributed by atoms with E-state index in [1.165, 1.54) is 12.0 Å². The van der Waals surface area contributed by atoms with Gasteiger partial charge >= 0.3 is 6.09 Å². The van der Waals surface area contributed by atoms with E-state index in [0.29, 0.717) is 25.8 Å². The number of aliphatic hydroxyl groups is 1. The highest BCUT2D eigenvalue weighted by Gasteiger charge is 2.41. The number of aliphatic carboxylic acids is 1. The van der Waals surface area contributed by atoms with E-state index in [-0.39, 0.29) is 17.9 Å². The second kappa shape index (κ2) is 5.14. The van der Waals surface area contributed by atoms with Crippen molar-refractivity contribution in [3.05, 3.63) is 0 Å². The highest BCUT2D eigenvalue weighted by molar-refractivity contribution is 5.79. The topological polar surface area (TPSA) is 89.9 Å². The Kier molecular flexibility index (Phi) is 3.75. The molecule has 0 aromatic heterocycles. The molecular formula is C12H18NO5-. The number of hydrogen-bond acceptors (Lipinski definition) is 5. The summed E-state index contributed by atoms with van der Waals surface area (Å²) >= 11 is 0. The Morgan fingerprint density at radius 1 is 1.28 bits per heavy atom. The number of amides is 1. The van der Waals surface area contributed by atoms with Crippen molar-refractivity contribution >= 4 is 12.1 Å². The smallest absolute Gasteiger partial charge is 0.410 e. The van der Waals surface area contributed by atoms with E-state index in [1.807, 2.05) is 0 Å². The summed E-state index contributed by atoms with van der Waals surface area (Å²) in [4.78, 5) is 23.9. The molecule has 0 aromatic carbocycles. The Hall–Kier alpha value is -1.30. The van der Waals surface area contributed by atoms with Gasteiger partial charge in [-0.15, -0.1) is 0 Å². The average Bonchev–Trinajstić information content (AvgIpc) is 2.36. The predicted molar refractivity (Wildman–Crippen MR) is 59.4 cm³/mol. The summed E-state index contributed by atoms with van der Waals surface area (Å²) in [7, 11) is 1.24. The molecule has 6 heteroatoms. The first-order valence-corrected chi connectivity index (χ1v) is 6.26. The molecule has 6 nitrogen and oxygen atoms in total. The van der Waals surface area contributed by atoms with Crippen LogP contribution in [0.2, 0.25) is 0 Å². The van der Waals surface area contributed by atoms with E-state index in [1.54, 1.807) is 0 Å². The van der Waals surface area contributed by atoms with Gasteiger partial charge in [0.05, 0.1) is 25.2 Å². The molecular weight excluding hydrogens is 238 g/mol. The highest BCUT2D eigenvalue weighted by Crippen LogP contribution is 2.38. The fourth-order valence-corrected chi connectivity index (χ4v) is 3.17. The molecule has 0 radical (unpaired) electrons. The summed E-state index contributed by atoms with van der Waals surface area (Å²) in [5, 5.41) is 20.7. The molecule has 1 N–H and O–H groups in total. The van der Waals surface area contributed by atoms with Crippen molar-refractivity contribution in [3.63, 3.8) is 0 Å². The lowest BCUT2D eigenvalue weighted by Gasteiger charge is -2.46. The van der Waals surface area contributed by atoms with Gasteiger partial charge in [0, 0.05) is 6.54 Å². The van der Waals surface area contributed by atoms with E-state index >= 15 is 0 Å². The maximum Gasteiger partial charge on any atom is 0.410 e. The third-order valence-corrected chi connectivity index (χ3v) is 4.13. The highest BCUT2D eigenvalue weighted by atomic mass is 16.5. The molecule has 1 amide bonds. The number of carbonyl (C=O) groups excluding carboxylic acids is 2. The fraction of sp³-hybridized carbons (Fsp3) is 0.833. The van der Waals surface area contributed by atoms with Crippen LogP contribution in [-0.2, 0) is 9.53 Å². The van der Waals surface area contributed by atoms with Gasteiger partial charge < -0.3 is 19.7 Å². The molecule has 1 heterocycles. The van der Waals surface area contributed by atoms with Gasteiger partial charge in [-0.1, -0.05) is 0 Å². The van der Waals surface area contributed by atoms with Crippen LogP contribution in [0.4, 0.5) is 4.79 Å². The molecule has 2 fully saturated rings. The van der Waals surface area contributed by atoms with E-state index in [0.717, 1.165) is 6.42 Å². The zero-order valence-corrected chi connectivity index (χ0v) is 10.4. The fourth-order valence-electron chi connectivity index (χ4n) is 3.17. The second-order valence-corrected chi connectivity index (χ2v) is 5.18. The number of rotatable bonds is 1. The molecule has 2 rings (SSSR count). The van der Waals surface area contributed by atoms with Gasteiger partial charge in [0.2, 0.25) is 0 Å². The SMILES string of the molecule is COC(=O)N1CC2CCC(O)CC2CC1C(=O)[O-]. The number of piperidine rings is 1. The van der Waals surface area contributed by atoms with E-state index in [9.17, 15) is 19.8 Å². The first-order valence-electron chi connectivity index (χ1n) is 6.26.